The van der Waals surface area contributed by atoms with Crippen LogP contribution in [0.1, 0.15) is 13.8 Å². The Kier molecular flexibility index (Phi) is 7.67. The average Bonchev–Trinajstić information content (AvgIpc) is 2.47. The quantitative estimate of drug-likeness (QED) is 0.549. The van der Waals surface area contributed by atoms with E-state index >= 15 is 0 Å². The molecule has 8 heteroatoms. The number of methoxy groups -OCH3 is 1. The summed E-state index contributed by atoms with van der Waals surface area (Å²) < 4.78 is 33.1. The van der Waals surface area contributed by atoms with Crippen molar-refractivity contribution in [2.75, 3.05) is 44.1 Å². The van der Waals surface area contributed by atoms with Crippen LogP contribution < -0.4 is 20.1 Å². The predicted molar refractivity (Wildman–Crippen MR) is 93.5 cm³/mol. The molecule has 0 amide bonds. The van der Waals surface area contributed by atoms with Crippen molar-refractivity contribution in [2.45, 2.75) is 13.8 Å². The van der Waals surface area contributed by atoms with Crippen LogP contribution in [0, 0.1) is 0 Å². The Morgan fingerprint density at radius 2 is 2.00 bits per heavy atom. The van der Waals surface area contributed by atoms with E-state index in [1.807, 2.05) is 26.0 Å². The van der Waals surface area contributed by atoms with Crippen LogP contribution >= 0.6 is 0 Å². The monoisotopic (exact) mass is 343 g/mol. The molecule has 0 unspecified atom stereocenters. The van der Waals surface area contributed by atoms with Crippen LogP contribution in [-0.2, 0) is 9.84 Å². The molecule has 0 aliphatic heterocycles. The molecule has 0 spiro atoms. The van der Waals surface area contributed by atoms with Gasteiger partial charge in [-0.1, -0.05) is 0 Å². The summed E-state index contributed by atoms with van der Waals surface area (Å²) in [6.45, 7) is 5.23. The molecule has 1 aromatic rings. The molecule has 7 nitrogen and oxygen atoms in total. The van der Waals surface area contributed by atoms with Crippen LogP contribution in [0.4, 0.5) is 5.69 Å². The van der Waals surface area contributed by atoms with Crippen LogP contribution in [0.15, 0.2) is 23.2 Å². The zero-order valence-corrected chi connectivity index (χ0v) is 14.9. The third kappa shape index (κ3) is 7.23. The highest BCUT2D eigenvalue weighted by molar-refractivity contribution is 7.90. The summed E-state index contributed by atoms with van der Waals surface area (Å²) in [6, 6.07) is 5.45. The molecule has 0 atom stereocenters. The van der Waals surface area contributed by atoms with Gasteiger partial charge in [0.25, 0.3) is 0 Å². The van der Waals surface area contributed by atoms with Crippen molar-refractivity contribution in [3.8, 4) is 11.5 Å². The number of ether oxygens (including phenoxy) is 2. The molecule has 0 saturated heterocycles. The number of guanidine groups is 1. The van der Waals surface area contributed by atoms with Crippen LogP contribution in [0.25, 0.3) is 0 Å². The van der Waals surface area contributed by atoms with Gasteiger partial charge in [0.15, 0.2) is 17.5 Å². The molecule has 0 aromatic heterocycles. The standard InChI is InChI=1S/C15H25N3O4S/c1-5-16-15(17-9-10-23(4,19)20)18-12-7-8-13(21-3)14(11-12)22-6-2/h7-8,11H,5-6,9-10H2,1-4H3,(H2,16,17,18). The minimum atomic E-state index is -3.03. The van der Waals surface area contributed by atoms with Gasteiger partial charge in [0.05, 0.1) is 26.0 Å². The molecule has 0 fully saturated rings. The average molecular weight is 343 g/mol. The van der Waals surface area contributed by atoms with Gasteiger partial charge in [0.2, 0.25) is 0 Å². The lowest BCUT2D eigenvalue weighted by Gasteiger charge is -2.14. The van der Waals surface area contributed by atoms with Crippen molar-refractivity contribution in [1.29, 1.82) is 0 Å². The molecule has 2 N–H and O–H groups in total. The highest BCUT2D eigenvalue weighted by atomic mass is 32.2. The smallest absolute Gasteiger partial charge is 0.195 e. The van der Waals surface area contributed by atoms with Gasteiger partial charge in [-0.15, -0.1) is 0 Å². The van der Waals surface area contributed by atoms with Gasteiger partial charge in [0.1, 0.15) is 9.84 Å². The van der Waals surface area contributed by atoms with Gasteiger partial charge in [-0.3, -0.25) is 4.99 Å². The lowest BCUT2D eigenvalue weighted by molar-refractivity contribution is 0.311. The van der Waals surface area contributed by atoms with E-state index in [1.165, 1.54) is 6.26 Å². The molecule has 0 aliphatic rings. The number of hydrogen-bond donors (Lipinski definition) is 2. The van der Waals surface area contributed by atoms with Crippen molar-refractivity contribution in [2.24, 2.45) is 4.99 Å². The fourth-order valence-corrected chi connectivity index (χ4v) is 2.21. The largest absolute Gasteiger partial charge is 0.493 e. The lowest BCUT2D eigenvalue weighted by Crippen LogP contribution is -2.31. The Morgan fingerprint density at radius 3 is 2.57 bits per heavy atom. The summed E-state index contributed by atoms with van der Waals surface area (Å²) in [4.78, 5) is 4.26. The normalized spacial score (nSPS) is 11.9. The van der Waals surface area contributed by atoms with Gasteiger partial charge < -0.3 is 20.1 Å². The van der Waals surface area contributed by atoms with Crippen molar-refractivity contribution in [1.82, 2.24) is 5.32 Å². The Balaban J connectivity index is 2.87. The van der Waals surface area contributed by atoms with Crippen molar-refractivity contribution < 1.29 is 17.9 Å². The number of rotatable bonds is 8. The number of nitrogens with zero attached hydrogens (tertiary/aromatic N) is 1. The molecule has 130 valence electrons. The first-order valence-electron chi connectivity index (χ1n) is 7.43. The molecule has 0 saturated carbocycles. The molecular weight excluding hydrogens is 318 g/mol. The number of anilines is 1. The van der Waals surface area contributed by atoms with Gasteiger partial charge in [-0.25, -0.2) is 8.42 Å². The second kappa shape index (κ2) is 9.24. The van der Waals surface area contributed by atoms with Crippen LogP contribution in [0.2, 0.25) is 0 Å². The SMILES string of the molecule is CCNC(=NCCS(C)(=O)=O)Nc1ccc(OC)c(OCC)c1. The maximum absolute atomic E-state index is 11.2. The molecule has 0 radical (unpaired) electrons. The van der Waals surface area contributed by atoms with E-state index in [1.54, 1.807) is 13.2 Å². The summed E-state index contributed by atoms with van der Waals surface area (Å²) in [5.41, 5.74) is 0.772. The molecule has 23 heavy (non-hydrogen) atoms. The Morgan fingerprint density at radius 1 is 1.26 bits per heavy atom. The highest BCUT2D eigenvalue weighted by Crippen LogP contribution is 2.30. The second-order valence-electron chi connectivity index (χ2n) is 4.81. The summed E-state index contributed by atoms with van der Waals surface area (Å²) in [5.74, 6) is 1.81. The van der Waals surface area contributed by atoms with E-state index in [9.17, 15) is 8.42 Å². The highest BCUT2D eigenvalue weighted by Gasteiger charge is 2.07. The first-order valence-corrected chi connectivity index (χ1v) is 9.49. The molecular formula is C15H25N3O4S. The fraction of sp³-hybridized carbons (Fsp3) is 0.533. The zero-order valence-electron chi connectivity index (χ0n) is 14.0. The van der Waals surface area contributed by atoms with E-state index in [4.69, 9.17) is 9.47 Å². The number of benzene rings is 1. The number of hydrogen-bond acceptors (Lipinski definition) is 5. The van der Waals surface area contributed by atoms with E-state index in [-0.39, 0.29) is 12.3 Å². The lowest BCUT2D eigenvalue weighted by atomic mass is 10.2. The Bertz CT molecular complexity index is 630. The Labute approximate surface area is 138 Å². The van der Waals surface area contributed by atoms with Gasteiger partial charge >= 0.3 is 0 Å². The third-order valence-corrected chi connectivity index (χ3v) is 3.73. The summed E-state index contributed by atoms with van der Waals surface area (Å²) in [7, 11) is -1.44. The third-order valence-electron chi connectivity index (χ3n) is 2.80. The number of nitrogens with one attached hydrogen (secondary N) is 2. The predicted octanol–water partition coefficient (Wildman–Crippen LogP) is 1.52. The zero-order chi connectivity index (χ0) is 17.3. The van der Waals surface area contributed by atoms with Gasteiger partial charge in [0, 0.05) is 24.6 Å². The van der Waals surface area contributed by atoms with E-state index in [0.717, 1.165) is 5.69 Å². The summed E-state index contributed by atoms with van der Waals surface area (Å²) >= 11 is 0. The number of aliphatic imine (C=N–C) groups is 1. The summed E-state index contributed by atoms with van der Waals surface area (Å²) in [5, 5.41) is 6.19. The fourth-order valence-electron chi connectivity index (χ4n) is 1.79. The van der Waals surface area contributed by atoms with Crippen molar-refractivity contribution in [3.63, 3.8) is 0 Å². The van der Waals surface area contributed by atoms with Gasteiger partial charge in [-0.2, -0.15) is 0 Å². The second-order valence-corrected chi connectivity index (χ2v) is 7.07. The molecule has 1 rings (SSSR count). The molecule has 0 heterocycles. The Hall–Kier alpha value is -1.96. The maximum atomic E-state index is 11.2. The van der Waals surface area contributed by atoms with Crippen molar-refractivity contribution in [3.05, 3.63) is 18.2 Å². The summed E-state index contributed by atoms with van der Waals surface area (Å²) in [6.07, 6.45) is 1.20. The minimum Gasteiger partial charge on any atom is -0.493 e. The minimum absolute atomic E-state index is 0.0103. The van der Waals surface area contributed by atoms with Crippen LogP contribution in [0.3, 0.4) is 0 Å². The van der Waals surface area contributed by atoms with E-state index in [0.29, 0.717) is 30.6 Å². The van der Waals surface area contributed by atoms with Crippen LogP contribution in [-0.4, -0.2) is 53.2 Å². The molecule has 0 bridgehead atoms. The van der Waals surface area contributed by atoms with E-state index in [2.05, 4.69) is 15.6 Å². The van der Waals surface area contributed by atoms with Gasteiger partial charge in [-0.05, 0) is 26.0 Å². The van der Waals surface area contributed by atoms with E-state index < -0.39 is 9.84 Å². The maximum Gasteiger partial charge on any atom is 0.195 e. The number of sulfone groups is 1. The molecule has 1 aromatic carbocycles. The topological polar surface area (TPSA) is 89.0 Å². The first-order chi connectivity index (χ1) is 10.9. The van der Waals surface area contributed by atoms with Crippen molar-refractivity contribution >= 4 is 21.5 Å². The molecule has 0 aliphatic carbocycles. The first kappa shape index (κ1) is 19.1. The van der Waals surface area contributed by atoms with Crippen LogP contribution in [0.5, 0.6) is 11.5 Å².